The maximum Gasteiger partial charge on any atom is 0.412 e. The van der Waals surface area contributed by atoms with Gasteiger partial charge in [-0.3, -0.25) is 5.32 Å². The molecule has 0 atom stereocenters. The molecule has 0 spiro atoms. The number of ether oxygens (including phenoxy) is 1. The average Bonchev–Trinajstić information content (AvgIpc) is 2.27. The lowest BCUT2D eigenvalue weighted by atomic mass is 10.2. The molecule has 6 heteroatoms. The second kappa shape index (κ2) is 5.61. The lowest BCUT2D eigenvalue weighted by Gasteiger charge is -2.20. The quantitative estimate of drug-likeness (QED) is 0.926. The molecule has 0 saturated heterocycles. The SMILES string of the molecule is CCS(=O)(=O)c1ccccc1NC(=O)OC(C)(C)C. The number of rotatable bonds is 3. The highest BCUT2D eigenvalue weighted by molar-refractivity contribution is 7.91. The van der Waals surface area contributed by atoms with Crippen LogP contribution in [0.15, 0.2) is 29.2 Å². The Morgan fingerprint density at radius 3 is 2.37 bits per heavy atom. The Morgan fingerprint density at radius 2 is 1.84 bits per heavy atom. The van der Waals surface area contributed by atoms with Gasteiger partial charge in [0.05, 0.1) is 16.3 Å². The molecule has 106 valence electrons. The lowest BCUT2D eigenvalue weighted by Crippen LogP contribution is -2.27. The van der Waals surface area contributed by atoms with Crippen molar-refractivity contribution in [1.82, 2.24) is 0 Å². The highest BCUT2D eigenvalue weighted by Gasteiger charge is 2.20. The number of para-hydroxylation sites is 1. The molecule has 19 heavy (non-hydrogen) atoms. The molecule has 0 heterocycles. The minimum Gasteiger partial charge on any atom is -0.444 e. The third-order valence-electron chi connectivity index (χ3n) is 2.24. The van der Waals surface area contributed by atoms with Crippen molar-refractivity contribution < 1.29 is 17.9 Å². The summed E-state index contributed by atoms with van der Waals surface area (Å²) in [5, 5.41) is 2.47. The number of hydrogen-bond acceptors (Lipinski definition) is 4. The Kier molecular flexibility index (Phi) is 4.57. The fraction of sp³-hybridized carbons (Fsp3) is 0.462. The normalized spacial score (nSPS) is 12.0. The monoisotopic (exact) mass is 285 g/mol. The van der Waals surface area contributed by atoms with E-state index >= 15 is 0 Å². The minimum absolute atomic E-state index is 0.0278. The predicted octanol–water partition coefficient (Wildman–Crippen LogP) is 2.83. The third-order valence-corrected chi connectivity index (χ3v) is 4.02. The van der Waals surface area contributed by atoms with Gasteiger partial charge in [0.2, 0.25) is 0 Å². The first-order valence-electron chi connectivity index (χ1n) is 5.97. The van der Waals surface area contributed by atoms with E-state index in [2.05, 4.69) is 5.32 Å². The Labute approximate surface area is 113 Å². The van der Waals surface area contributed by atoms with Crippen molar-refractivity contribution in [3.63, 3.8) is 0 Å². The number of sulfone groups is 1. The zero-order valence-corrected chi connectivity index (χ0v) is 12.4. The number of carbonyl (C=O) groups excluding carboxylic acids is 1. The van der Waals surface area contributed by atoms with Gasteiger partial charge in [0, 0.05) is 0 Å². The third kappa shape index (κ3) is 4.55. The molecule has 0 fully saturated rings. The molecule has 1 aromatic carbocycles. The first kappa shape index (κ1) is 15.5. The van der Waals surface area contributed by atoms with Crippen LogP contribution in [0.3, 0.4) is 0 Å². The van der Waals surface area contributed by atoms with Crippen molar-refractivity contribution in [2.45, 2.75) is 38.2 Å². The molecule has 0 aliphatic carbocycles. The summed E-state index contributed by atoms with van der Waals surface area (Å²) in [6.07, 6.45) is -0.675. The maximum absolute atomic E-state index is 11.9. The number of nitrogens with one attached hydrogen (secondary N) is 1. The van der Waals surface area contributed by atoms with Gasteiger partial charge in [-0.25, -0.2) is 13.2 Å². The van der Waals surface area contributed by atoms with E-state index in [1.165, 1.54) is 12.1 Å². The lowest BCUT2D eigenvalue weighted by molar-refractivity contribution is 0.0635. The molecule has 0 unspecified atom stereocenters. The fourth-order valence-electron chi connectivity index (χ4n) is 1.41. The molecule has 0 aliphatic heterocycles. The highest BCUT2D eigenvalue weighted by atomic mass is 32.2. The van der Waals surface area contributed by atoms with Gasteiger partial charge < -0.3 is 4.74 Å². The Hall–Kier alpha value is -1.56. The topological polar surface area (TPSA) is 72.5 Å². The van der Waals surface area contributed by atoms with Gasteiger partial charge in [-0.05, 0) is 32.9 Å². The first-order chi connectivity index (χ1) is 8.65. The maximum atomic E-state index is 11.9. The number of carbonyl (C=O) groups is 1. The van der Waals surface area contributed by atoms with Crippen LogP contribution in [0.25, 0.3) is 0 Å². The van der Waals surface area contributed by atoms with E-state index in [1.807, 2.05) is 0 Å². The molecule has 0 aromatic heterocycles. The molecule has 0 bridgehead atoms. The molecule has 1 N–H and O–H groups in total. The van der Waals surface area contributed by atoms with E-state index in [0.29, 0.717) is 0 Å². The molecule has 1 rings (SSSR count). The van der Waals surface area contributed by atoms with Crippen molar-refractivity contribution in [3.05, 3.63) is 24.3 Å². The van der Waals surface area contributed by atoms with Gasteiger partial charge in [-0.2, -0.15) is 0 Å². The fourth-order valence-corrected chi connectivity index (χ4v) is 2.46. The van der Waals surface area contributed by atoms with E-state index in [0.717, 1.165) is 0 Å². The van der Waals surface area contributed by atoms with Crippen molar-refractivity contribution in [1.29, 1.82) is 0 Å². The van der Waals surface area contributed by atoms with Crippen LogP contribution < -0.4 is 5.32 Å². The van der Waals surface area contributed by atoms with Crippen LogP contribution in [0.2, 0.25) is 0 Å². The smallest absolute Gasteiger partial charge is 0.412 e. The summed E-state index contributed by atoms with van der Waals surface area (Å²) in [4.78, 5) is 11.8. The van der Waals surface area contributed by atoms with Crippen LogP contribution in [0.4, 0.5) is 10.5 Å². The van der Waals surface area contributed by atoms with Crippen LogP contribution in [-0.4, -0.2) is 25.9 Å². The van der Waals surface area contributed by atoms with Crippen LogP contribution >= 0.6 is 0 Å². The Balaban J connectivity index is 3.00. The second-order valence-corrected chi connectivity index (χ2v) is 7.27. The summed E-state index contributed by atoms with van der Waals surface area (Å²) < 4.78 is 28.9. The largest absolute Gasteiger partial charge is 0.444 e. The minimum atomic E-state index is -3.39. The van der Waals surface area contributed by atoms with E-state index in [9.17, 15) is 13.2 Å². The van der Waals surface area contributed by atoms with Gasteiger partial charge in [0.1, 0.15) is 5.60 Å². The molecule has 0 aliphatic rings. The van der Waals surface area contributed by atoms with Crippen LogP contribution in [0.1, 0.15) is 27.7 Å². The number of hydrogen-bond donors (Lipinski definition) is 1. The van der Waals surface area contributed by atoms with E-state index in [-0.39, 0.29) is 16.3 Å². The summed E-state index contributed by atoms with van der Waals surface area (Å²) in [6, 6.07) is 6.27. The number of amides is 1. The molecule has 0 saturated carbocycles. The summed E-state index contributed by atoms with van der Waals surface area (Å²) in [5.41, 5.74) is -0.401. The first-order valence-corrected chi connectivity index (χ1v) is 7.63. The van der Waals surface area contributed by atoms with E-state index < -0.39 is 21.5 Å². The van der Waals surface area contributed by atoms with Crippen molar-refractivity contribution in [2.24, 2.45) is 0 Å². The van der Waals surface area contributed by atoms with Crippen molar-refractivity contribution in [2.75, 3.05) is 11.1 Å². The number of anilines is 1. The molecular formula is C13H19NO4S. The van der Waals surface area contributed by atoms with E-state index in [4.69, 9.17) is 4.74 Å². The van der Waals surface area contributed by atoms with Gasteiger partial charge in [-0.15, -0.1) is 0 Å². The summed E-state index contributed by atoms with van der Waals surface area (Å²) in [7, 11) is -3.39. The van der Waals surface area contributed by atoms with Crippen molar-refractivity contribution in [3.8, 4) is 0 Å². The zero-order chi connectivity index (χ0) is 14.7. The highest BCUT2D eigenvalue weighted by Crippen LogP contribution is 2.22. The molecule has 1 amide bonds. The van der Waals surface area contributed by atoms with Gasteiger partial charge in [0.15, 0.2) is 9.84 Å². The van der Waals surface area contributed by atoms with Crippen molar-refractivity contribution >= 4 is 21.6 Å². The summed E-state index contributed by atoms with van der Waals surface area (Å²) in [5.74, 6) is -0.0278. The van der Waals surface area contributed by atoms with Gasteiger partial charge >= 0.3 is 6.09 Å². The molecule has 1 aromatic rings. The van der Waals surface area contributed by atoms with Crippen LogP contribution in [-0.2, 0) is 14.6 Å². The Bertz CT molecular complexity index is 558. The average molecular weight is 285 g/mol. The van der Waals surface area contributed by atoms with Gasteiger partial charge in [-0.1, -0.05) is 19.1 Å². The summed E-state index contributed by atoms with van der Waals surface area (Å²) >= 11 is 0. The summed E-state index contributed by atoms with van der Waals surface area (Å²) in [6.45, 7) is 6.77. The van der Waals surface area contributed by atoms with Crippen LogP contribution in [0, 0.1) is 0 Å². The van der Waals surface area contributed by atoms with E-state index in [1.54, 1.807) is 39.8 Å². The standard InChI is InChI=1S/C13H19NO4S/c1-5-19(16,17)11-9-7-6-8-10(11)14-12(15)18-13(2,3)4/h6-9H,5H2,1-4H3,(H,14,15). The zero-order valence-electron chi connectivity index (χ0n) is 11.6. The molecular weight excluding hydrogens is 266 g/mol. The Morgan fingerprint density at radius 1 is 1.26 bits per heavy atom. The predicted molar refractivity (Wildman–Crippen MR) is 74.0 cm³/mol. The molecule has 0 radical (unpaired) electrons. The van der Waals surface area contributed by atoms with Crippen LogP contribution in [0.5, 0.6) is 0 Å². The number of benzene rings is 1. The second-order valence-electron chi connectivity index (χ2n) is 5.03. The molecule has 5 nitrogen and oxygen atoms in total. The van der Waals surface area contributed by atoms with Gasteiger partial charge in [0.25, 0.3) is 0 Å².